The average molecular weight is 469 g/mol. The molecule has 0 aliphatic heterocycles. The number of amides is 2. The lowest BCUT2D eigenvalue weighted by Gasteiger charge is -2.10. The van der Waals surface area contributed by atoms with E-state index in [2.05, 4.69) is 10.6 Å². The summed E-state index contributed by atoms with van der Waals surface area (Å²) in [6.07, 6.45) is 0.794. The zero-order valence-electron chi connectivity index (χ0n) is 17.8. The summed E-state index contributed by atoms with van der Waals surface area (Å²) in [6, 6.07) is 21.3. The molecule has 3 aromatic carbocycles. The summed E-state index contributed by atoms with van der Waals surface area (Å²) in [5.74, 6) is 0.519. The highest BCUT2D eigenvalue weighted by Crippen LogP contribution is 2.23. The van der Waals surface area contributed by atoms with Crippen LogP contribution in [0.2, 0.25) is 0 Å². The maximum atomic E-state index is 12.9. The van der Waals surface area contributed by atoms with Gasteiger partial charge in [0.05, 0.1) is 11.3 Å². The number of hydrogen-bond donors (Lipinski definition) is 2. The molecule has 2 amide bonds. The first-order valence-corrected chi connectivity index (χ1v) is 12.2. The topological polar surface area (TPSA) is 58.2 Å². The molecule has 0 atom stereocenters. The fraction of sp³-hybridized carbons (Fsp3) is 0.200. The Morgan fingerprint density at radius 3 is 2.38 bits per heavy atom. The predicted molar refractivity (Wildman–Crippen MR) is 131 cm³/mol. The van der Waals surface area contributed by atoms with E-state index in [-0.39, 0.29) is 23.4 Å². The zero-order valence-corrected chi connectivity index (χ0v) is 19.4. The lowest BCUT2D eigenvalue weighted by atomic mass is 10.2. The van der Waals surface area contributed by atoms with Gasteiger partial charge in [0.1, 0.15) is 5.82 Å². The number of aryl methyl sites for hydroxylation is 1. The van der Waals surface area contributed by atoms with E-state index >= 15 is 0 Å². The third kappa shape index (κ3) is 7.73. The van der Waals surface area contributed by atoms with Gasteiger partial charge in [-0.25, -0.2) is 4.39 Å². The number of thioether (sulfide) groups is 2. The smallest absolute Gasteiger partial charge is 0.252 e. The second kappa shape index (κ2) is 12.3. The van der Waals surface area contributed by atoms with E-state index in [1.807, 2.05) is 49.4 Å². The number of carbonyl (C=O) groups excluding carboxylic acids is 2. The molecule has 4 nitrogen and oxygen atoms in total. The monoisotopic (exact) mass is 468 g/mol. The molecule has 3 rings (SSSR count). The van der Waals surface area contributed by atoms with Crippen molar-refractivity contribution in [2.24, 2.45) is 0 Å². The van der Waals surface area contributed by atoms with Crippen molar-refractivity contribution in [3.05, 3.63) is 89.7 Å². The van der Waals surface area contributed by atoms with E-state index in [4.69, 9.17) is 0 Å². The molecular weight excluding hydrogens is 443 g/mol. The van der Waals surface area contributed by atoms with Gasteiger partial charge in [0.2, 0.25) is 5.91 Å². The maximum absolute atomic E-state index is 12.9. The lowest BCUT2D eigenvalue weighted by molar-refractivity contribution is -0.113. The van der Waals surface area contributed by atoms with Gasteiger partial charge in [0.15, 0.2) is 0 Å². The Balaban J connectivity index is 1.43. The molecule has 3 aromatic rings. The second-order valence-electron chi connectivity index (χ2n) is 7.11. The van der Waals surface area contributed by atoms with Crippen molar-refractivity contribution in [2.75, 3.05) is 23.4 Å². The van der Waals surface area contributed by atoms with Gasteiger partial charge in [-0.1, -0.05) is 29.8 Å². The first-order chi connectivity index (χ1) is 15.5. The molecule has 0 spiro atoms. The highest BCUT2D eigenvalue weighted by molar-refractivity contribution is 8.00. The molecule has 0 aliphatic carbocycles. The number of rotatable bonds is 10. The molecule has 0 saturated carbocycles. The fourth-order valence-corrected chi connectivity index (χ4v) is 4.55. The minimum Gasteiger partial charge on any atom is -0.352 e. The van der Waals surface area contributed by atoms with Crippen LogP contribution in [0.3, 0.4) is 0 Å². The number of benzene rings is 3. The van der Waals surface area contributed by atoms with Crippen LogP contribution in [-0.4, -0.2) is 29.9 Å². The molecule has 0 heterocycles. The molecular formula is C25H25FN2O2S2. The molecule has 2 N–H and O–H groups in total. The highest BCUT2D eigenvalue weighted by Gasteiger charge is 2.12. The Kier molecular flexibility index (Phi) is 9.19. The number of halogens is 1. The standard InChI is InChI=1S/C25H25FN2O2S2/c1-18-7-11-20(12-8-18)28-24(29)17-32-23-6-3-2-5-22(23)25(30)27-15-4-16-31-21-13-9-19(26)10-14-21/h2-3,5-14H,4,15-17H2,1H3,(H,27,30)(H,28,29). The largest absolute Gasteiger partial charge is 0.352 e. The van der Waals surface area contributed by atoms with Crippen LogP contribution < -0.4 is 10.6 Å². The quantitative estimate of drug-likeness (QED) is 0.293. The van der Waals surface area contributed by atoms with Gasteiger partial charge in [-0.05, 0) is 67.6 Å². The van der Waals surface area contributed by atoms with Crippen molar-refractivity contribution in [3.8, 4) is 0 Å². The molecule has 0 radical (unpaired) electrons. The maximum Gasteiger partial charge on any atom is 0.252 e. The molecule has 0 aliphatic rings. The minimum absolute atomic E-state index is 0.119. The molecule has 166 valence electrons. The number of nitrogens with one attached hydrogen (secondary N) is 2. The van der Waals surface area contributed by atoms with Gasteiger partial charge in [-0.15, -0.1) is 23.5 Å². The van der Waals surface area contributed by atoms with E-state index in [0.29, 0.717) is 12.1 Å². The number of carbonyl (C=O) groups is 2. The van der Waals surface area contributed by atoms with E-state index < -0.39 is 0 Å². The van der Waals surface area contributed by atoms with Gasteiger partial charge in [-0.3, -0.25) is 9.59 Å². The molecule has 0 fully saturated rings. The van der Waals surface area contributed by atoms with E-state index in [0.717, 1.165) is 33.2 Å². The molecule has 0 saturated heterocycles. The third-order valence-corrected chi connectivity index (χ3v) is 6.69. The van der Waals surface area contributed by atoms with Crippen LogP contribution in [-0.2, 0) is 4.79 Å². The van der Waals surface area contributed by atoms with Crippen molar-refractivity contribution in [1.82, 2.24) is 5.32 Å². The van der Waals surface area contributed by atoms with Crippen molar-refractivity contribution in [1.29, 1.82) is 0 Å². The lowest BCUT2D eigenvalue weighted by Crippen LogP contribution is -2.25. The summed E-state index contributed by atoms with van der Waals surface area (Å²) in [5.41, 5.74) is 2.45. The van der Waals surface area contributed by atoms with Gasteiger partial charge >= 0.3 is 0 Å². The van der Waals surface area contributed by atoms with Crippen LogP contribution in [0.25, 0.3) is 0 Å². The average Bonchev–Trinajstić information content (AvgIpc) is 2.80. The van der Waals surface area contributed by atoms with Gasteiger partial charge in [0, 0.05) is 22.0 Å². The van der Waals surface area contributed by atoms with E-state index in [1.165, 1.54) is 23.9 Å². The van der Waals surface area contributed by atoms with Gasteiger partial charge in [0.25, 0.3) is 5.91 Å². The normalized spacial score (nSPS) is 10.6. The van der Waals surface area contributed by atoms with Gasteiger partial charge in [-0.2, -0.15) is 0 Å². The van der Waals surface area contributed by atoms with Crippen LogP contribution >= 0.6 is 23.5 Å². The molecule has 0 unspecified atom stereocenters. The Morgan fingerprint density at radius 1 is 0.906 bits per heavy atom. The predicted octanol–water partition coefficient (Wildman–Crippen LogP) is 5.78. The fourth-order valence-electron chi connectivity index (χ4n) is 2.85. The zero-order chi connectivity index (χ0) is 22.8. The van der Waals surface area contributed by atoms with Gasteiger partial charge < -0.3 is 10.6 Å². The summed E-state index contributed by atoms with van der Waals surface area (Å²) in [7, 11) is 0. The number of hydrogen-bond acceptors (Lipinski definition) is 4. The minimum atomic E-state index is -0.245. The van der Waals surface area contributed by atoms with Crippen LogP contribution in [0.15, 0.2) is 82.6 Å². The first-order valence-electron chi connectivity index (χ1n) is 10.3. The SMILES string of the molecule is Cc1ccc(NC(=O)CSc2ccccc2C(=O)NCCCSc2ccc(F)cc2)cc1. The highest BCUT2D eigenvalue weighted by atomic mass is 32.2. The van der Waals surface area contributed by atoms with Crippen molar-refractivity contribution >= 4 is 41.0 Å². The third-order valence-electron chi connectivity index (χ3n) is 4.51. The van der Waals surface area contributed by atoms with Crippen LogP contribution in [0.4, 0.5) is 10.1 Å². The Bertz CT molecular complexity index is 1040. The summed E-state index contributed by atoms with van der Waals surface area (Å²) in [5, 5.41) is 5.81. The Morgan fingerprint density at radius 2 is 1.62 bits per heavy atom. The van der Waals surface area contributed by atoms with Crippen molar-refractivity contribution in [3.63, 3.8) is 0 Å². The molecule has 7 heteroatoms. The summed E-state index contributed by atoms with van der Waals surface area (Å²) in [4.78, 5) is 26.7. The summed E-state index contributed by atoms with van der Waals surface area (Å²) >= 11 is 2.97. The Hall–Kier alpha value is -2.77. The molecule has 0 aromatic heterocycles. The summed E-state index contributed by atoms with van der Waals surface area (Å²) < 4.78 is 12.9. The van der Waals surface area contributed by atoms with Crippen molar-refractivity contribution in [2.45, 2.75) is 23.1 Å². The van der Waals surface area contributed by atoms with E-state index in [9.17, 15) is 14.0 Å². The second-order valence-corrected chi connectivity index (χ2v) is 9.30. The number of anilines is 1. The Labute approximate surface area is 196 Å². The van der Waals surface area contributed by atoms with E-state index in [1.54, 1.807) is 30.0 Å². The van der Waals surface area contributed by atoms with Crippen LogP contribution in [0.5, 0.6) is 0 Å². The van der Waals surface area contributed by atoms with Crippen LogP contribution in [0, 0.1) is 12.7 Å². The first kappa shape index (κ1) is 23.9. The molecule has 32 heavy (non-hydrogen) atoms. The summed E-state index contributed by atoms with van der Waals surface area (Å²) in [6.45, 7) is 2.54. The molecule has 0 bridgehead atoms. The van der Waals surface area contributed by atoms with Crippen molar-refractivity contribution < 1.29 is 14.0 Å². The van der Waals surface area contributed by atoms with Crippen LogP contribution in [0.1, 0.15) is 22.3 Å².